The molecule has 3 nitrogen and oxygen atoms in total. The van der Waals surface area contributed by atoms with Gasteiger partial charge in [0.15, 0.2) is 5.82 Å². The third-order valence-corrected chi connectivity index (χ3v) is 3.83. The van der Waals surface area contributed by atoms with Crippen LogP contribution in [-0.4, -0.2) is 15.0 Å². The Kier molecular flexibility index (Phi) is 2.29. The van der Waals surface area contributed by atoms with E-state index in [1.807, 2.05) is 30.6 Å². The zero-order valence-corrected chi connectivity index (χ0v) is 10.9. The summed E-state index contributed by atoms with van der Waals surface area (Å²) < 4.78 is 1.05. The van der Waals surface area contributed by atoms with Gasteiger partial charge in [-0.2, -0.15) is 0 Å². The largest absolute Gasteiger partial charge is 0.337 e. The molecule has 3 rings (SSSR count). The lowest BCUT2D eigenvalue weighted by Crippen LogP contribution is -1.79. The number of benzene rings is 1. The molecule has 1 aromatic carbocycles. The van der Waals surface area contributed by atoms with Crippen LogP contribution in [-0.2, 0) is 0 Å². The van der Waals surface area contributed by atoms with E-state index in [-0.39, 0.29) is 0 Å². The fourth-order valence-electron chi connectivity index (χ4n) is 1.62. The lowest BCUT2D eigenvalue weighted by atomic mass is 10.3. The summed E-state index contributed by atoms with van der Waals surface area (Å²) in [5.41, 5.74) is 4.87. The average Bonchev–Trinajstić information content (AvgIpc) is 2.82. The van der Waals surface area contributed by atoms with Crippen LogP contribution >= 0.6 is 27.3 Å². The van der Waals surface area contributed by atoms with Crippen LogP contribution in [0, 0.1) is 6.92 Å². The number of aromatic amines is 1. The number of fused-ring (bicyclic) bond motifs is 1. The van der Waals surface area contributed by atoms with Crippen LogP contribution in [0.3, 0.4) is 0 Å². The molecule has 80 valence electrons. The minimum atomic E-state index is 0.896. The minimum Gasteiger partial charge on any atom is -0.337 e. The van der Waals surface area contributed by atoms with Gasteiger partial charge in [-0.25, -0.2) is 9.97 Å². The minimum absolute atomic E-state index is 0.896. The van der Waals surface area contributed by atoms with Gasteiger partial charge in [-0.3, -0.25) is 0 Å². The number of nitrogens with zero attached hydrogens (tertiary/aromatic N) is 2. The molecule has 0 aliphatic heterocycles. The van der Waals surface area contributed by atoms with Gasteiger partial charge in [-0.1, -0.05) is 15.9 Å². The summed E-state index contributed by atoms with van der Waals surface area (Å²) in [6.45, 7) is 1.99. The second kappa shape index (κ2) is 3.68. The summed E-state index contributed by atoms with van der Waals surface area (Å²) in [5.74, 6) is 0.896. The maximum atomic E-state index is 4.55. The van der Waals surface area contributed by atoms with E-state index in [0.717, 1.165) is 31.9 Å². The molecule has 0 aliphatic rings. The first-order valence-corrected chi connectivity index (χ1v) is 6.47. The summed E-state index contributed by atoms with van der Waals surface area (Å²) in [7, 11) is 0. The van der Waals surface area contributed by atoms with Gasteiger partial charge in [0, 0.05) is 4.47 Å². The van der Waals surface area contributed by atoms with Crippen molar-refractivity contribution < 1.29 is 0 Å². The number of aromatic nitrogens is 3. The fourth-order valence-corrected chi connectivity index (χ4v) is 2.73. The summed E-state index contributed by atoms with van der Waals surface area (Å²) in [6, 6.07) is 6.02. The molecule has 16 heavy (non-hydrogen) atoms. The van der Waals surface area contributed by atoms with Gasteiger partial charge in [0.25, 0.3) is 0 Å². The van der Waals surface area contributed by atoms with Crippen LogP contribution in [0.25, 0.3) is 21.7 Å². The predicted molar refractivity (Wildman–Crippen MR) is 69.6 cm³/mol. The number of hydrogen-bond acceptors (Lipinski definition) is 3. The van der Waals surface area contributed by atoms with E-state index in [9.17, 15) is 0 Å². The summed E-state index contributed by atoms with van der Waals surface area (Å²) in [6.07, 6.45) is 0. The number of rotatable bonds is 1. The molecule has 0 bridgehead atoms. The van der Waals surface area contributed by atoms with Crippen molar-refractivity contribution in [2.45, 2.75) is 6.92 Å². The Morgan fingerprint density at radius 3 is 3.00 bits per heavy atom. The van der Waals surface area contributed by atoms with Crippen molar-refractivity contribution in [1.29, 1.82) is 0 Å². The lowest BCUT2D eigenvalue weighted by molar-refractivity contribution is 1.24. The highest BCUT2D eigenvalue weighted by atomic mass is 79.9. The highest BCUT2D eigenvalue weighted by Gasteiger charge is 2.09. The van der Waals surface area contributed by atoms with Gasteiger partial charge in [-0.15, -0.1) is 11.3 Å². The van der Waals surface area contributed by atoms with Gasteiger partial charge in [-0.05, 0) is 25.1 Å². The zero-order chi connectivity index (χ0) is 11.1. The van der Waals surface area contributed by atoms with E-state index in [1.165, 1.54) is 0 Å². The summed E-state index contributed by atoms with van der Waals surface area (Å²) >= 11 is 5.05. The zero-order valence-electron chi connectivity index (χ0n) is 8.49. The Morgan fingerprint density at radius 1 is 1.38 bits per heavy atom. The SMILES string of the molecule is Cc1ncsc1-c1nc2ccc(Br)cc2[nH]1. The molecule has 2 heterocycles. The first kappa shape index (κ1) is 9.99. The molecule has 5 heteroatoms. The quantitative estimate of drug-likeness (QED) is 0.742. The number of nitrogens with one attached hydrogen (secondary N) is 1. The average molecular weight is 294 g/mol. The van der Waals surface area contributed by atoms with E-state index in [2.05, 4.69) is 30.9 Å². The Morgan fingerprint density at radius 2 is 2.25 bits per heavy atom. The van der Waals surface area contributed by atoms with Crippen molar-refractivity contribution in [2.24, 2.45) is 0 Å². The fraction of sp³-hybridized carbons (Fsp3) is 0.0909. The van der Waals surface area contributed by atoms with Crippen molar-refractivity contribution >= 4 is 38.3 Å². The van der Waals surface area contributed by atoms with Gasteiger partial charge < -0.3 is 4.98 Å². The number of thiazole rings is 1. The van der Waals surface area contributed by atoms with Gasteiger partial charge in [0.1, 0.15) is 0 Å². The monoisotopic (exact) mass is 293 g/mol. The molecule has 0 amide bonds. The van der Waals surface area contributed by atoms with Gasteiger partial charge >= 0.3 is 0 Å². The molecule has 0 radical (unpaired) electrons. The molecular weight excluding hydrogens is 286 g/mol. The number of H-pyrrole nitrogens is 1. The Labute approximate surface area is 105 Å². The van der Waals surface area contributed by atoms with E-state index in [1.54, 1.807) is 11.3 Å². The Hall–Kier alpha value is -1.20. The second-order valence-electron chi connectivity index (χ2n) is 3.51. The predicted octanol–water partition coefficient (Wildman–Crippen LogP) is 3.76. The number of halogens is 1. The lowest BCUT2D eigenvalue weighted by Gasteiger charge is -1.90. The van der Waals surface area contributed by atoms with E-state index in [4.69, 9.17) is 0 Å². The van der Waals surface area contributed by atoms with Gasteiger partial charge in [0.2, 0.25) is 0 Å². The third-order valence-electron chi connectivity index (χ3n) is 2.40. The molecule has 2 aromatic heterocycles. The van der Waals surface area contributed by atoms with E-state index < -0.39 is 0 Å². The first-order valence-electron chi connectivity index (χ1n) is 4.80. The van der Waals surface area contributed by atoms with Crippen LogP contribution < -0.4 is 0 Å². The van der Waals surface area contributed by atoms with Crippen molar-refractivity contribution in [3.8, 4) is 10.7 Å². The van der Waals surface area contributed by atoms with Crippen LogP contribution in [0.5, 0.6) is 0 Å². The summed E-state index contributed by atoms with van der Waals surface area (Å²) in [5, 5.41) is 0. The van der Waals surface area contributed by atoms with Crippen molar-refractivity contribution in [1.82, 2.24) is 15.0 Å². The second-order valence-corrected chi connectivity index (χ2v) is 5.28. The highest BCUT2D eigenvalue weighted by Crippen LogP contribution is 2.27. The van der Waals surface area contributed by atoms with Gasteiger partial charge in [0.05, 0.1) is 27.1 Å². The van der Waals surface area contributed by atoms with Crippen molar-refractivity contribution in [3.63, 3.8) is 0 Å². The molecule has 0 aliphatic carbocycles. The molecule has 1 N–H and O–H groups in total. The molecule has 0 saturated carbocycles. The van der Waals surface area contributed by atoms with Crippen molar-refractivity contribution in [3.05, 3.63) is 33.9 Å². The normalized spacial score (nSPS) is 11.1. The Balaban J connectivity index is 2.23. The summed E-state index contributed by atoms with van der Waals surface area (Å²) in [4.78, 5) is 13.2. The van der Waals surface area contributed by atoms with E-state index in [0.29, 0.717) is 0 Å². The number of aryl methyl sites for hydroxylation is 1. The smallest absolute Gasteiger partial charge is 0.150 e. The maximum absolute atomic E-state index is 4.55. The van der Waals surface area contributed by atoms with Crippen LogP contribution in [0.2, 0.25) is 0 Å². The first-order chi connectivity index (χ1) is 7.74. The molecule has 0 atom stereocenters. The Bertz CT molecular complexity index is 656. The molecule has 3 aromatic rings. The maximum Gasteiger partial charge on any atom is 0.150 e. The highest BCUT2D eigenvalue weighted by molar-refractivity contribution is 9.10. The molecule has 0 fully saturated rings. The topological polar surface area (TPSA) is 41.6 Å². The molecule has 0 spiro atoms. The number of hydrogen-bond donors (Lipinski definition) is 1. The van der Waals surface area contributed by atoms with E-state index >= 15 is 0 Å². The van der Waals surface area contributed by atoms with Crippen LogP contribution in [0.4, 0.5) is 0 Å². The van der Waals surface area contributed by atoms with Crippen molar-refractivity contribution in [2.75, 3.05) is 0 Å². The molecule has 0 saturated heterocycles. The third kappa shape index (κ3) is 1.56. The number of imidazole rings is 1. The molecule has 0 unspecified atom stereocenters. The van der Waals surface area contributed by atoms with Crippen LogP contribution in [0.15, 0.2) is 28.2 Å². The molecular formula is C11H8BrN3S. The standard InChI is InChI=1S/C11H8BrN3S/c1-6-10(16-5-13-6)11-14-8-3-2-7(12)4-9(8)15-11/h2-5H,1H3,(H,14,15). The van der Waals surface area contributed by atoms with Crippen LogP contribution in [0.1, 0.15) is 5.69 Å².